The number of rotatable bonds is 5. The molecule has 0 amide bonds. The van der Waals surface area contributed by atoms with Crippen molar-refractivity contribution < 1.29 is 18.3 Å². The Labute approximate surface area is 123 Å². The van der Waals surface area contributed by atoms with Gasteiger partial charge in [0.25, 0.3) is 0 Å². The van der Waals surface area contributed by atoms with Crippen molar-refractivity contribution in [2.45, 2.75) is 11.4 Å². The fraction of sp³-hybridized carbons (Fsp3) is 0.133. The highest BCUT2D eigenvalue weighted by atomic mass is 32.2. The first-order valence-electron chi connectivity index (χ1n) is 6.23. The van der Waals surface area contributed by atoms with Gasteiger partial charge in [0.2, 0.25) is 10.0 Å². The summed E-state index contributed by atoms with van der Waals surface area (Å²) in [5.41, 5.74) is 0.684. The van der Waals surface area contributed by atoms with Gasteiger partial charge < -0.3 is 9.90 Å². The van der Waals surface area contributed by atoms with Crippen LogP contribution in [0.3, 0.4) is 0 Å². The van der Waals surface area contributed by atoms with Crippen molar-refractivity contribution in [2.75, 3.05) is 7.05 Å². The molecule has 0 fully saturated rings. The molecular weight excluding hydrogens is 290 g/mol. The Bertz CT molecular complexity index is 741. The molecule has 0 heterocycles. The first kappa shape index (κ1) is 15.2. The third kappa shape index (κ3) is 3.48. The van der Waals surface area contributed by atoms with Crippen molar-refractivity contribution in [3.05, 3.63) is 65.7 Å². The van der Waals surface area contributed by atoms with Crippen molar-refractivity contribution in [1.82, 2.24) is 4.31 Å². The number of carbonyl (C=O) groups is 1. The Kier molecular flexibility index (Phi) is 4.40. The second kappa shape index (κ2) is 6.07. The minimum atomic E-state index is -3.75. The number of hydrogen-bond acceptors (Lipinski definition) is 4. The van der Waals surface area contributed by atoms with E-state index in [-0.39, 0.29) is 17.0 Å². The average Bonchev–Trinajstić information content (AvgIpc) is 2.48. The Morgan fingerprint density at radius 3 is 2.38 bits per heavy atom. The lowest BCUT2D eigenvalue weighted by molar-refractivity contribution is -0.255. The Morgan fingerprint density at radius 1 is 1.10 bits per heavy atom. The van der Waals surface area contributed by atoms with E-state index in [4.69, 9.17) is 0 Å². The molecule has 2 aromatic carbocycles. The summed E-state index contributed by atoms with van der Waals surface area (Å²) in [6.45, 7) is 0.207. The van der Waals surface area contributed by atoms with Crippen molar-refractivity contribution in [3.63, 3.8) is 0 Å². The lowest BCUT2D eigenvalue weighted by Crippen LogP contribution is -2.27. The standard InChI is InChI=1S/C15H15NO4S/c1-16(11-12-6-3-2-4-7-12)21(19,20)14-9-5-8-13(10-14)15(17)18/h2-10H,11H2,1H3,(H,17,18)/p-1. The fourth-order valence-corrected chi connectivity index (χ4v) is 3.09. The molecule has 0 radical (unpaired) electrons. The van der Waals surface area contributed by atoms with Gasteiger partial charge in [-0.15, -0.1) is 0 Å². The first-order chi connectivity index (χ1) is 9.91. The number of carbonyl (C=O) groups excluding carboxylic acids is 1. The van der Waals surface area contributed by atoms with Gasteiger partial charge in [-0.2, -0.15) is 4.31 Å². The molecule has 0 spiro atoms. The number of carboxylic acids is 1. The van der Waals surface area contributed by atoms with Crippen LogP contribution in [0.5, 0.6) is 0 Å². The maximum absolute atomic E-state index is 12.4. The molecule has 0 saturated carbocycles. The maximum Gasteiger partial charge on any atom is 0.243 e. The van der Waals surface area contributed by atoms with Crippen LogP contribution in [0.15, 0.2) is 59.5 Å². The molecule has 6 heteroatoms. The number of aromatic carboxylic acids is 1. The van der Waals surface area contributed by atoms with E-state index in [0.29, 0.717) is 0 Å². The molecule has 0 aromatic heterocycles. The van der Waals surface area contributed by atoms with E-state index in [0.717, 1.165) is 11.6 Å². The Morgan fingerprint density at radius 2 is 1.76 bits per heavy atom. The van der Waals surface area contributed by atoms with E-state index in [1.807, 2.05) is 30.3 Å². The molecule has 0 aliphatic rings. The molecule has 21 heavy (non-hydrogen) atoms. The molecule has 0 unspecified atom stereocenters. The summed E-state index contributed by atoms with van der Waals surface area (Å²) in [4.78, 5) is 10.8. The summed E-state index contributed by atoms with van der Waals surface area (Å²) in [6, 6.07) is 14.3. The highest BCUT2D eigenvalue weighted by Crippen LogP contribution is 2.17. The van der Waals surface area contributed by atoms with E-state index in [9.17, 15) is 18.3 Å². The van der Waals surface area contributed by atoms with E-state index in [1.165, 1.54) is 29.6 Å². The molecule has 0 atom stereocenters. The van der Waals surface area contributed by atoms with E-state index in [1.54, 1.807) is 0 Å². The first-order valence-corrected chi connectivity index (χ1v) is 7.67. The van der Waals surface area contributed by atoms with Gasteiger partial charge in [0, 0.05) is 13.6 Å². The van der Waals surface area contributed by atoms with Crippen LogP contribution in [0.4, 0.5) is 0 Å². The van der Waals surface area contributed by atoms with Gasteiger partial charge in [-0.1, -0.05) is 42.5 Å². The van der Waals surface area contributed by atoms with Gasteiger partial charge in [-0.3, -0.25) is 0 Å². The van der Waals surface area contributed by atoms with Crippen molar-refractivity contribution in [3.8, 4) is 0 Å². The number of hydrogen-bond donors (Lipinski definition) is 0. The van der Waals surface area contributed by atoms with Crippen molar-refractivity contribution in [1.29, 1.82) is 0 Å². The molecule has 2 rings (SSSR count). The summed E-state index contributed by atoms with van der Waals surface area (Å²) in [5, 5.41) is 10.8. The molecule has 0 aliphatic heterocycles. The zero-order valence-electron chi connectivity index (χ0n) is 11.4. The molecular formula is C15H14NO4S-. The third-order valence-electron chi connectivity index (χ3n) is 3.03. The van der Waals surface area contributed by atoms with E-state index in [2.05, 4.69) is 0 Å². The summed E-state index contributed by atoms with van der Waals surface area (Å²) in [6.07, 6.45) is 0. The quantitative estimate of drug-likeness (QED) is 0.821. The predicted octanol–water partition coefficient (Wildman–Crippen LogP) is 0.871. The van der Waals surface area contributed by atoms with E-state index < -0.39 is 16.0 Å². The van der Waals surface area contributed by atoms with Gasteiger partial charge in [-0.05, 0) is 23.3 Å². The minimum absolute atomic E-state index is 0.0670. The predicted molar refractivity (Wildman–Crippen MR) is 75.9 cm³/mol. The number of nitrogens with zero attached hydrogens (tertiary/aromatic N) is 1. The van der Waals surface area contributed by atoms with Crippen LogP contribution in [-0.2, 0) is 16.6 Å². The Balaban J connectivity index is 2.29. The lowest BCUT2D eigenvalue weighted by atomic mass is 10.2. The SMILES string of the molecule is CN(Cc1ccccc1)S(=O)(=O)c1cccc(C(=O)[O-])c1. The maximum atomic E-state index is 12.4. The lowest BCUT2D eigenvalue weighted by Gasteiger charge is -2.18. The number of carboxylic acid groups (broad SMARTS) is 1. The molecule has 5 nitrogen and oxygen atoms in total. The second-order valence-corrected chi connectivity index (χ2v) is 6.61. The fourth-order valence-electron chi connectivity index (χ4n) is 1.89. The van der Waals surface area contributed by atoms with Crippen LogP contribution in [0.25, 0.3) is 0 Å². The molecule has 110 valence electrons. The van der Waals surface area contributed by atoms with Gasteiger partial charge in [-0.25, -0.2) is 8.42 Å². The molecule has 0 N–H and O–H groups in total. The van der Waals surface area contributed by atoms with Crippen molar-refractivity contribution >= 4 is 16.0 Å². The third-order valence-corrected chi connectivity index (χ3v) is 4.83. The highest BCUT2D eigenvalue weighted by Gasteiger charge is 2.21. The normalized spacial score (nSPS) is 11.5. The van der Waals surface area contributed by atoms with Crippen LogP contribution < -0.4 is 5.11 Å². The van der Waals surface area contributed by atoms with E-state index >= 15 is 0 Å². The highest BCUT2D eigenvalue weighted by molar-refractivity contribution is 7.89. The largest absolute Gasteiger partial charge is 0.545 e. The van der Waals surface area contributed by atoms with Gasteiger partial charge >= 0.3 is 0 Å². The molecule has 2 aromatic rings. The monoisotopic (exact) mass is 304 g/mol. The Hall–Kier alpha value is -2.18. The minimum Gasteiger partial charge on any atom is -0.545 e. The summed E-state index contributed by atoms with van der Waals surface area (Å²) in [5.74, 6) is -1.40. The summed E-state index contributed by atoms with van der Waals surface area (Å²) in [7, 11) is -2.30. The summed E-state index contributed by atoms with van der Waals surface area (Å²) < 4.78 is 26.0. The molecule has 0 bridgehead atoms. The van der Waals surface area contributed by atoms with Gasteiger partial charge in [0.15, 0.2) is 0 Å². The average molecular weight is 304 g/mol. The molecule has 0 aliphatic carbocycles. The number of sulfonamides is 1. The van der Waals surface area contributed by atoms with Gasteiger partial charge in [0.05, 0.1) is 10.9 Å². The van der Waals surface area contributed by atoms with Crippen LogP contribution in [0.2, 0.25) is 0 Å². The number of benzene rings is 2. The summed E-state index contributed by atoms with van der Waals surface area (Å²) >= 11 is 0. The van der Waals surface area contributed by atoms with Crippen LogP contribution in [-0.4, -0.2) is 25.7 Å². The van der Waals surface area contributed by atoms with Crippen molar-refractivity contribution in [2.24, 2.45) is 0 Å². The second-order valence-electron chi connectivity index (χ2n) is 4.56. The smallest absolute Gasteiger partial charge is 0.243 e. The van der Waals surface area contributed by atoms with Crippen LogP contribution in [0.1, 0.15) is 15.9 Å². The van der Waals surface area contributed by atoms with Crippen LogP contribution in [0, 0.1) is 0 Å². The van der Waals surface area contributed by atoms with Gasteiger partial charge in [0.1, 0.15) is 0 Å². The zero-order chi connectivity index (χ0) is 15.5. The topological polar surface area (TPSA) is 77.5 Å². The van der Waals surface area contributed by atoms with Crippen LogP contribution >= 0.6 is 0 Å². The zero-order valence-corrected chi connectivity index (χ0v) is 12.2. The molecule has 0 saturated heterocycles.